The Labute approximate surface area is 173 Å². The molecule has 3 aromatic rings. The SMILES string of the molecule is N#CC(NC(=O)C(Cc1ccccc1)NS(=O)(=O)c1ccccc1)c1cccs1. The number of sulfonamides is 1. The molecule has 2 atom stereocenters. The van der Waals surface area contributed by atoms with E-state index < -0.39 is 28.0 Å². The number of benzene rings is 2. The first-order chi connectivity index (χ1) is 14.0. The van der Waals surface area contributed by atoms with Crippen molar-refractivity contribution < 1.29 is 13.2 Å². The van der Waals surface area contributed by atoms with Gasteiger partial charge in [0.05, 0.1) is 11.0 Å². The van der Waals surface area contributed by atoms with Gasteiger partial charge in [-0.2, -0.15) is 9.98 Å². The molecule has 0 aliphatic carbocycles. The van der Waals surface area contributed by atoms with Gasteiger partial charge >= 0.3 is 0 Å². The van der Waals surface area contributed by atoms with Gasteiger partial charge in [-0.1, -0.05) is 54.6 Å². The molecule has 0 saturated heterocycles. The van der Waals surface area contributed by atoms with E-state index in [0.717, 1.165) is 5.56 Å². The Morgan fingerprint density at radius 1 is 1.00 bits per heavy atom. The summed E-state index contributed by atoms with van der Waals surface area (Å²) in [6.07, 6.45) is 0.154. The van der Waals surface area contributed by atoms with Crippen LogP contribution in [0.3, 0.4) is 0 Å². The Morgan fingerprint density at radius 2 is 1.66 bits per heavy atom. The molecule has 0 radical (unpaired) electrons. The molecule has 6 nitrogen and oxygen atoms in total. The van der Waals surface area contributed by atoms with Gasteiger partial charge in [0.1, 0.15) is 6.04 Å². The van der Waals surface area contributed by atoms with Crippen LogP contribution in [0, 0.1) is 11.3 Å². The van der Waals surface area contributed by atoms with Crippen LogP contribution in [0.25, 0.3) is 0 Å². The van der Waals surface area contributed by atoms with Crippen molar-refractivity contribution in [3.05, 3.63) is 88.6 Å². The first-order valence-electron chi connectivity index (χ1n) is 8.84. The molecule has 0 aliphatic heterocycles. The molecule has 0 bridgehead atoms. The second-order valence-electron chi connectivity index (χ2n) is 6.26. The third-order valence-corrected chi connectivity index (χ3v) is 6.62. The van der Waals surface area contributed by atoms with Crippen molar-refractivity contribution in [3.8, 4) is 6.07 Å². The summed E-state index contributed by atoms with van der Waals surface area (Å²) in [5, 5.41) is 13.9. The normalized spacial score (nSPS) is 13.2. The molecule has 2 N–H and O–H groups in total. The van der Waals surface area contributed by atoms with Gasteiger partial charge in [-0.15, -0.1) is 11.3 Å². The summed E-state index contributed by atoms with van der Waals surface area (Å²) in [4.78, 5) is 13.7. The lowest BCUT2D eigenvalue weighted by molar-refractivity contribution is -0.123. The molecule has 0 saturated carbocycles. The Morgan fingerprint density at radius 3 is 2.24 bits per heavy atom. The van der Waals surface area contributed by atoms with E-state index in [1.165, 1.54) is 23.5 Å². The Bertz CT molecular complexity index is 1080. The van der Waals surface area contributed by atoms with Crippen molar-refractivity contribution in [2.45, 2.75) is 23.4 Å². The highest BCUT2D eigenvalue weighted by Crippen LogP contribution is 2.19. The summed E-state index contributed by atoms with van der Waals surface area (Å²) in [5.41, 5.74) is 0.799. The van der Waals surface area contributed by atoms with Crippen LogP contribution in [0.2, 0.25) is 0 Å². The van der Waals surface area contributed by atoms with Crippen LogP contribution in [-0.4, -0.2) is 20.4 Å². The molecular weight excluding hydrogens is 406 g/mol. The van der Waals surface area contributed by atoms with E-state index in [-0.39, 0.29) is 11.3 Å². The zero-order valence-corrected chi connectivity index (χ0v) is 17.0. The number of amides is 1. The van der Waals surface area contributed by atoms with E-state index in [9.17, 15) is 18.5 Å². The van der Waals surface area contributed by atoms with Crippen molar-refractivity contribution in [1.29, 1.82) is 5.26 Å². The van der Waals surface area contributed by atoms with E-state index in [2.05, 4.69) is 10.0 Å². The van der Waals surface area contributed by atoms with Crippen molar-refractivity contribution in [2.75, 3.05) is 0 Å². The highest BCUT2D eigenvalue weighted by Gasteiger charge is 2.28. The van der Waals surface area contributed by atoms with E-state index in [0.29, 0.717) is 4.88 Å². The first-order valence-corrected chi connectivity index (χ1v) is 11.2. The van der Waals surface area contributed by atoms with Gasteiger partial charge in [-0.05, 0) is 35.6 Å². The first kappa shape index (κ1) is 20.7. The third-order valence-electron chi connectivity index (χ3n) is 4.19. The van der Waals surface area contributed by atoms with Crippen LogP contribution in [0.1, 0.15) is 16.5 Å². The lowest BCUT2D eigenvalue weighted by Gasteiger charge is -2.20. The van der Waals surface area contributed by atoms with Gasteiger partial charge in [-0.3, -0.25) is 4.79 Å². The van der Waals surface area contributed by atoms with Crippen LogP contribution in [0.4, 0.5) is 0 Å². The molecule has 0 aliphatic rings. The topological polar surface area (TPSA) is 99.1 Å². The maximum Gasteiger partial charge on any atom is 0.241 e. The largest absolute Gasteiger partial charge is 0.335 e. The molecule has 2 aromatic carbocycles. The lowest BCUT2D eigenvalue weighted by atomic mass is 10.1. The molecule has 2 unspecified atom stereocenters. The monoisotopic (exact) mass is 425 g/mol. The average Bonchev–Trinajstić information content (AvgIpc) is 3.27. The number of thiophene rings is 1. The average molecular weight is 426 g/mol. The fraction of sp³-hybridized carbons (Fsp3) is 0.143. The van der Waals surface area contributed by atoms with Gasteiger partial charge in [-0.25, -0.2) is 8.42 Å². The fourth-order valence-electron chi connectivity index (χ4n) is 2.76. The van der Waals surface area contributed by atoms with E-state index in [1.807, 2.05) is 41.8 Å². The second-order valence-corrected chi connectivity index (χ2v) is 8.96. The summed E-state index contributed by atoms with van der Waals surface area (Å²) in [5.74, 6) is -0.562. The number of carbonyl (C=O) groups excluding carboxylic acids is 1. The molecule has 1 heterocycles. The number of rotatable bonds is 8. The van der Waals surface area contributed by atoms with Crippen LogP contribution < -0.4 is 10.0 Å². The zero-order valence-electron chi connectivity index (χ0n) is 15.4. The highest BCUT2D eigenvalue weighted by atomic mass is 32.2. The number of hydrogen-bond donors (Lipinski definition) is 2. The highest BCUT2D eigenvalue weighted by molar-refractivity contribution is 7.89. The minimum atomic E-state index is -3.91. The molecule has 0 spiro atoms. The van der Waals surface area contributed by atoms with Crippen molar-refractivity contribution in [3.63, 3.8) is 0 Å². The second kappa shape index (κ2) is 9.47. The van der Waals surface area contributed by atoms with Gasteiger partial charge in [0, 0.05) is 4.88 Å². The molecule has 29 heavy (non-hydrogen) atoms. The molecule has 1 aromatic heterocycles. The molecule has 0 fully saturated rings. The molecule has 8 heteroatoms. The maximum absolute atomic E-state index is 12.9. The smallest absolute Gasteiger partial charge is 0.241 e. The predicted octanol–water partition coefficient (Wildman–Crippen LogP) is 3.02. The van der Waals surface area contributed by atoms with Crippen molar-refractivity contribution in [2.24, 2.45) is 0 Å². The number of nitriles is 1. The van der Waals surface area contributed by atoms with E-state index in [1.54, 1.807) is 30.3 Å². The quantitative estimate of drug-likeness (QED) is 0.579. The summed E-state index contributed by atoms with van der Waals surface area (Å²) < 4.78 is 28.0. The van der Waals surface area contributed by atoms with Gasteiger partial charge in [0.2, 0.25) is 15.9 Å². The van der Waals surface area contributed by atoms with Crippen molar-refractivity contribution in [1.82, 2.24) is 10.0 Å². The number of nitrogens with one attached hydrogen (secondary N) is 2. The molecule has 148 valence electrons. The van der Waals surface area contributed by atoms with Crippen LogP contribution in [0.5, 0.6) is 0 Å². The third kappa shape index (κ3) is 5.51. The van der Waals surface area contributed by atoms with E-state index >= 15 is 0 Å². The Hall–Kier alpha value is -2.99. The summed E-state index contributed by atoms with van der Waals surface area (Å²) in [6.45, 7) is 0. The zero-order chi connectivity index (χ0) is 20.7. The van der Waals surface area contributed by atoms with Gasteiger partial charge in [0.15, 0.2) is 6.04 Å². The minimum absolute atomic E-state index is 0.0703. The van der Waals surface area contributed by atoms with Gasteiger partial charge < -0.3 is 5.32 Å². The van der Waals surface area contributed by atoms with Crippen LogP contribution >= 0.6 is 11.3 Å². The lowest BCUT2D eigenvalue weighted by Crippen LogP contribution is -2.48. The van der Waals surface area contributed by atoms with Crippen LogP contribution in [-0.2, 0) is 21.2 Å². The minimum Gasteiger partial charge on any atom is -0.335 e. The Kier molecular flexibility index (Phi) is 6.77. The number of nitrogens with zero attached hydrogens (tertiary/aromatic N) is 1. The number of hydrogen-bond acceptors (Lipinski definition) is 5. The summed E-state index contributed by atoms with van der Waals surface area (Å²) in [7, 11) is -3.91. The summed E-state index contributed by atoms with van der Waals surface area (Å²) in [6, 6.07) is 20.7. The van der Waals surface area contributed by atoms with E-state index in [4.69, 9.17) is 0 Å². The standard InChI is InChI=1S/C21H19N3O3S2/c22-15-19(20-12-7-13-28-20)23-21(25)18(14-16-8-3-1-4-9-16)24-29(26,27)17-10-5-2-6-11-17/h1-13,18-19,24H,14H2,(H,23,25). The van der Waals surface area contributed by atoms with Crippen molar-refractivity contribution >= 4 is 27.3 Å². The maximum atomic E-state index is 12.9. The summed E-state index contributed by atoms with van der Waals surface area (Å²) >= 11 is 1.35. The fourth-order valence-corrected chi connectivity index (χ4v) is 4.69. The predicted molar refractivity (Wildman–Crippen MR) is 112 cm³/mol. The Balaban J connectivity index is 1.84. The molecule has 1 amide bonds. The van der Waals surface area contributed by atoms with Crippen LogP contribution in [0.15, 0.2) is 83.1 Å². The number of carbonyl (C=O) groups is 1. The van der Waals surface area contributed by atoms with Gasteiger partial charge in [0.25, 0.3) is 0 Å². The molecular formula is C21H19N3O3S2. The molecule has 3 rings (SSSR count).